The van der Waals surface area contributed by atoms with Crippen molar-refractivity contribution in [3.63, 3.8) is 0 Å². The number of benzene rings is 2. The highest BCUT2D eigenvalue weighted by atomic mass is 19.1. The number of aromatic hydroxyl groups is 1. The number of phenolic OH excluding ortho intramolecular Hbond substituents is 1. The molecule has 1 aromatic heterocycles. The Morgan fingerprint density at radius 2 is 1.91 bits per heavy atom. The first-order chi connectivity index (χ1) is 16.8. The van der Waals surface area contributed by atoms with E-state index in [1.165, 1.54) is 22.9 Å². The molecule has 0 saturated heterocycles. The first-order valence-corrected chi connectivity index (χ1v) is 12.1. The van der Waals surface area contributed by atoms with Gasteiger partial charge in [0.15, 0.2) is 0 Å². The maximum absolute atomic E-state index is 13.5. The Bertz CT molecular complexity index is 1210. The first kappa shape index (κ1) is 24.4. The third-order valence-corrected chi connectivity index (χ3v) is 6.19. The Morgan fingerprint density at radius 1 is 1.14 bits per heavy atom. The topological polar surface area (TPSA) is 96.3 Å². The molecule has 0 radical (unpaired) electrons. The van der Waals surface area contributed by atoms with Crippen LogP contribution < -0.4 is 10.6 Å². The molecule has 1 heterocycles. The minimum absolute atomic E-state index is 0.0323. The van der Waals surface area contributed by atoms with Crippen molar-refractivity contribution in [2.24, 2.45) is 5.92 Å². The summed E-state index contributed by atoms with van der Waals surface area (Å²) in [4.78, 5) is 25.1. The summed E-state index contributed by atoms with van der Waals surface area (Å²) < 4.78 is 14.9. The first-order valence-electron chi connectivity index (χ1n) is 12.1. The van der Waals surface area contributed by atoms with Gasteiger partial charge in [0.2, 0.25) is 5.91 Å². The summed E-state index contributed by atoms with van der Waals surface area (Å²) in [7, 11) is 0. The molecule has 0 bridgehead atoms. The van der Waals surface area contributed by atoms with Gasteiger partial charge in [-0.3, -0.25) is 4.79 Å². The van der Waals surface area contributed by atoms with Gasteiger partial charge in [-0.15, -0.1) is 0 Å². The molecule has 7 nitrogen and oxygen atoms in total. The summed E-state index contributed by atoms with van der Waals surface area (Å²) in [5.41, 5.74) is 2.90. The number of phenols is 1. The summed E-state index contributed by atoms with van der Waals surface area (Å²) in [5.74, 6) is -0.0741. The molecule has 35 heavy (non-hydrogen) atoms. The van der Waals surface area contributed by atoms with Crippen molar-refractivity contribution in [2.75, 3.05) is 5.32 Å². The third-order valence-electron chi connectivity index (χ3n) is 6.19. The normalized spacial score (nSPS) is 13.8. The number of carbonyl (C=O) groups is 2. The van der Waals surface area contributed by atoms with Crippen molar-refractivity contribution < 1.29 is 19.1 Å². The quantitative estimate of drug-likeness (QED) is 0.400. The number of halogens is 1. The number of hydrogen-bond donors (Lipinski definition) is 3. The highest BCUT2D eigenvalue weighted by Gasteiger charge is 2.26. The van der Waals surface area contributed by atoms with E-state index in [0.717, 1.165) is 31.4 Å². The average Bonchev–Trinajstić information content (AvgIpc) is 3.47. The minimum Gasteiger partial charge on any atom is -0.507 e. The Hall–Kier alpha value is -3.68. The third kappa shape index (κ3) is 6.07. The van der Waals surface area contributed by atoms with Crippen LogP contribution in [0.15, 0.2) is 48.5 Å². The van der Waals surface area contributed by atoms with Crippen molar-refractivity contribution >= 4 is 17.6 Å². The van der Waals surface area contributed by atoms with Crippen LogP contribution in [0.4, 0.5) is 14.9 Å². The molecule has 3 N–H and O–H groups in total. The second-order valence-corrected chi connectivity index (χ2v) is 9.51. The van der Waals surface area contributed by atoms with E-state index in [2.05, 4.69) is 15.7 Å². The Kier molecular flexibility index (Phi) is 7.48. The second kappa shape index (κ2) is 10.7. The maximum atomic E-state index is 13.5. The molecule has 0 atom stereocenters. The van der Waals surface area contributed by atoms with Crippen molar-refractivity contribution in [3.05, 3.63) is 65.6 Å². The van der Waals surface area contributed by atoms with Crippen molar-refractivity contribution in [2.45, 2.75) is 58.4 Å². The Labute approximate surface area is 204 Å². The fraction of sp³-hybridized carbons (Fsp3) is 0.370. The molecule has 1 aliphatic carbocycles. The standard InChI is InChI=1S/C27H31FN4O3/c1-17(2)12-26(34)30-21-10-11-22(25(33)14-21)23-15-24(19-7-3-4-8-19)32(31-23)27(35)29-16-18-6-5-9-20(28)13-18/h5-6,9-11,13-15,17,19,33H,3-4,7-8,12,16H2,1-2H3,(H,29,35)(H,30,34). The van der Waals surface area contributed by atoms with Crippen molar-refractivity contribution in [1.29, 1.82) is 0 Å². The van der Waals surface area contributed by atoms with Gasteiger partial charge in [0.25, 0.3) is 0 Å². The van der Waals surface area contributed by atoms with Crippen LogP contribution in [0.3, 0.4) is 0 Å². The number of nitrogens with zero attached hydrogens (tertiary/aromatic N) is 2. The summed E-state index contributed by atoms with van der Waals surface area (Å²) in [6.07, 6.45) is 4.50. The summed E-state index contributed by atoms with van der Waals surface area (Å²) >= 11 is 0. The van der Waals surface area contributed by atoms with E-state index < -0.39 is 6.03 Å². The lowest BCUT2D eigenvalue weighted by Crippen LogP contribution is -2.30. The highest BCUT2D eigenvalue weighted by molar-refractivity contribution is 5.91. The van der Waals surface area contributed by atoms with Gasteiger partial charge in [-0.2, -0.15) is 9.78 Å². The number of anilines is 1. The molecular weight excluding hydrogens is 447 g/mol. The number of amides is 2. The molecule has 0 aliphatic heterocycles. The van der Waals surface area contributed by atoms with Crippen LogP contribution in [0, 0.1) is 11.7 Å². The van der Waals surface area contributed by atoms with Gasteiger partial charge in [0.1, 0.15) is 11.6 Å². The van der Waals surface area contributed by atoms with E-state index in [0.29, 0.717) is 28.9 Å². The maximum Gasteiger partial charge on any atom is 0.342 e. The molecule has 4 rings (SSSR count). The van der Waals surface area contributed by atoms with Gasteiger partial charge in [0.05, 0.1) is 11.4 Å². The number of nitrogens with one attached hydrogen (secondary N) is 2. The molecule has 184 valence electrons. The van der Waals surface area contributed by atoms with Gasteiger partial charge in [-0.25, -0.2) is 9.18 Å². The Balaban J connectivity index is 1.57. The van der Waals surface area contributed by atoms with E-state index in [-0.39, 0.29) is 35.9 Å². The molecule has 2 amide bonds. The smallest absolute Gasteiger partial charge is 0.342 e. The summed E-state index contributed by atoms with van der Waals surface area (Å²) in [5, 5.41) is 20.8. The minimum atomic E-state index is -0.403. The molecule has 0 unspecified atom stereocenters. The number of aromatic nitrogens is 2. The highest BCUT2D eigenvalue weighted by Crippen LogP contribution is 2.38. The fourth-order valence-electron chi connectivity index (χ4n) is 4.51. The summed E-state index contributed by atoms with van der Waals surface area (Å²) in [6, 6.07) is 12.4. The van der Waals surface area contributed by atoms with Gasteiger partial charge in [-0.1, -0.05) is 38.8 Å². The SMILES string of the molecule is CC(C)CC(=O)Nc1ccc(-c2cc(C3CCCC3)n(C(=O)NCc3cccc(F)c3)n2)c(O)c1. The zero-order valence-corrected chi connectivity index (χ0v) is 20.1. The van der Waals surface area contributed by atoms with Crippen LogP contribution in [0.1, 0.15) is 63.1 Å². The number of hydrogen-bond acceptors (Lipinski definition) is 4. The summed E-state index contributed by atoms with van der Waals surface area (Å²) in [6.45, 7) is 4.10. The predicted molar refractivity (Wildman–Crippen MR) is 133 cm³/mol. The lowest BCUT2D eigenvalue weighted by atomic mass is 10.0. The molecule has 8 heteroatoms. The lowest BCUT2D eigenvalue weighted by molar-refractivity contribution is -0.116. The molecule has 2 aromatic carbocycles. The zero-order valence-electron chi connectivity index (χ0n) is 20.1. The van der Waals surface area contributed by atoms with E-state index in [9.17, 15) is 19.1 Å². The Morgan fingerprint density at radius 3 is 2.60 bits per heavy atom. The monoisotopic (exact) mass is 478 g/mol. The van der Waals surface area contributed by atoms with Crippen molar-refractivity contribution in [1.82, 2.24) is 15.1 Å². The van der Waals surface area contributed by atoms with Gasteiger partial charge >= 0.3 is 6.03 Å². The van der Waals surface area contributed by atoms with Crippen LogP contribution in [-0.4, -0.2) is 26.8 Å². The molecule has 1 saturated carbocycles. The molecule has 1 fully saturated rings. The van der Waals surface area contributed by atoms with Crippen LogP contribution in [0.25, 0.3) is 11.3 Å². The van der Waals surface area contributed by atoms with Crippen molar-refractivity contribution in [3.8, 4) is 17.0 Å². The predicted octanol–water partition coefficient (Wildman–Crippen LogP) is 5.79. The van der Waals surface area contributed by atoms with E-state index in [1.807, 2.05) is 19.9 Å². The van der Waals surface area contributed by atoms with Gasteiger partial charge in [-0.05, 0) is 54.7 Å². The van der Waals surface area contributed by atoms with Crippen LogP contribution in [0.5, 0.6) is 5.75 Å². The van der Waals surface area contributed by atoms with Crippen LogP contribution in [-0.2, 0) is 11.3 Å². The van der Waals surface area contributed by atoms with Gasteiger partial charge < -0.3 is 15.7 Å². The fourth-order valence-corrected chi connectivity index (χ4v) is 4.51. The largest absolute Gasteiger partial charge is 0.507 e. The molecule has 1 aliphatic rings. The average molecular weight is 479 g/mol. The van der Waals surface area contributed by atoms with Gasteiger partial charge in [0, 0.05) is 36.2 Å². The van der Waals surface area contributed by atoms with E-state index >= 15 is 0 Å². The van der Waals surface area contributed by atoms with E-state index in [4.69, 9.17) is 0 Å². The number of rotatable bonds is 7. The second-order valence-electron chi connectivity index (χ2n) is 9.51. The van der Waals surface area contributed by atoms with E-state index in [1.54, 1.807) is 24.3 Å². The zero-order chi connectivity index (χ0) is 24.9. The molecular formula is C27H31FN4O3. The van der Waals surface area contributed by atoms with Crippen LogP contribution in [0.2, 0.25) is 0 Å². The number of carbonyl (C=O) groups excluding carboxylic acids is 2. The molecule has 0 spiro atoms. The van der Waals surface area contributed by atoms with Crippen LogP contribution >= 0.6 is 0 Å². The molecule has 3 aromatic rings. The lowest BCUT2D eigenvalue weighted by Gasteiger charge is -2.12.